The van der Waals surface area contributed by atoms with E-state index in [0.29, 0.717) is 6.67 Å². The Kier molecular flexibility index (Phi) is 2.95. The van der Waals surface area contributed by atoms with Gasteiger partial charge in [-0.15, -0.1) is 0 Å². The number of rotatable bonds is 2. The molecule has 1 aromatic rings. The third-order valence-electron chi connectivity index (χ3n) is 1.75. The highest BCUT2D eigenvalue weighted by Crippen LogP contribution is 1.96. The van der Waals surface area contributed by atoms with Gasteiger partial charge in [0.15, 0.2) is 0 Å². The Balaban J connectivity index is 2.51. The molecule has 1 rings (SSSR count). The molecular weight excluding hydrogens is 166 g/mol. The van der Waals surface area contributed by atoms with Crippen LogP contribution in [0, 0.1) is 0 Å². The average molecular weight is 181 g/mol. The number of nitrogens with zero attached hydrogens (tertiary/aromatic N) is 3. The smallest absolute Gasteiger partial charge is 0.320 e. The van der Waals surface area contributed by atoms with Crippen molar-refractivity contribution in [2.24, 2.45) is 0 Å². The number of carbonyl (C=O) groups is 1. The maximum Gasteiger partial charge on any atom is 0.320 e. The summed E-state index contributed by atoms with van der Waals surface area (Å²) in [6, 6.07) is 3.88. The van der Waals surface area contributed by atoms with E-state index < -0.39 is 0 Å². The van der Waals surface area contributed by atoms with Gasteiger partial charge in [0.05, 0.1) is 6.67 Å². The van der Waals surface area contributed by atoms with Crippen molar-refractivity contribution in [1.82, 2.24) is 14.4 Å². The van der Waals surface area contributed by atoms with E-state index >= 15 is 0 Å². The lowest BCUT2D eigenvalue weighted by Crippen LogP contribution is -2.37. The molecule has 0 spiro atoms. The van der Waals surface area contributed by atoms with Gasteiger partial charge in [-0.05, 0) is 12.1 Å². The van der Waals surface area contributed by atoms with Gasteiger partial charge in [-0.2, -0.15) is 0 Å². The van der Waals surface area contributed by atoms with E-state index in [4.69, 9.17) is 0 Å². The molecule has 0 aliphatic heterocycles. The summed E-state index contributed by atoms with van der Waals surface area (Å²) in [4.78, 5) is 14.6. The molecule has 72 valence electrons. The maximum atomic E-state index is 11.4. The number of aromatic nitrogens is 1. The lowest BCUT2D eigenvalue weighted by molar-refractivity contribution is 0.170. The molecule has 0 fully saturated rings. The molecule has 0 bridgehead atoms. The molecule has 0 aliphatic carbocycles. The van der Waals surface area contributed by atoms with Crippen LogP contribution in [0.15, 0.2) is 24.5 Å². The molecule has 2 amide bonds. The largest absolute Gasteiger partial charge is 0.336 e. The number of carbonyl (C=O) groups excluding carboxylic acids is 1. The predicted molar refractivity (Wildman–Crippen MR) is 51.3 cm³/mol. The quantitative estimate of drug-likeness (QED) is 0.670. The zero-order valence-electron chi connectivity index (χ0n) is 8.27. The molecule has 0 unspecified atom stereocenters. The van der Waals surface area contributed by atoms with Crippen LogP contribution in [0.25, 0.3) is 0 Å². The van der Waals surface area contributed by atoms with Gasteiger partial charge in [-0.3, -0.25) is 0 Å². The second-order valence-electron chi connectivity index (χ2n) is 3.21. The average Bonchev–Trinajstić information content (AvgIpc) is 2.55. The van der Waals surface area contributed by atoms with Crippen LogP contribution < -0.4 is 0 Å². The molecule has 0 saturated heterocycles. The summed E-state index contributed by atoms with van der Waals surface area (Å²) in [6.45, 7) is 0.587. The van der Waals surface area contributed by atoms with Crippen LogP contribution in [0.3, 0.4) is 0 Å². The van der Waals surface area contributed by atoms with Gasteiger partial charge in [0, 0.05) is 33.5 Å². The molecular formula is C9H15N3O. The minimum Gasteiger partial charge on any atom is -0.336 e. The standard InChI is InChI=1S/C9H15N3O/c1-10(2)9(13)11(3)8-12-6-4-5-7-12/h4-7H,8H2,1-3H3. The molecule has 1 aromatic heterocycles. The first-order chi connectivity index (χ1) is 6.11. The van der Waals surface area contributed by atoms with Crippen LogP contribution in [-0.4, -0.2) is 41.5 Å². The molecule has 0 atom stereocenters. The van der Waals surface area contributed by atoms with Crippen molar-refractivity contribution in [3.63, 3.8) is 0 Å². The van der Waals surface area contributed by atoms with Crippen LogP contribution in [-0.2, 0) is 6.67 Å². The van der Waals surface area contributed by atoms with Gasteiger partial charge < -0.3 is 14.4 Å². The Labute approximate surface area is 78.4 Å². The highest BCUT2D eigenvalue weighted by Gasteiger charge is 2.09. The third kappa shape index (κ3) is 2.50. The molecule has 13 heavy (non-hydrogen) atoms. The van der Waals surface area contributed by atoms with Crippen molar-refractivity contribution < 1.29 is 4.79 Å². The Bertz CT molecular complexity index is 266. The van der Waals surface area contributed by atoms with Crippen molar-refractivity contribution >= 4 is 6.03 Å². The Hall–Kier alpha value is -1.45. The van der Waals surface area contributed by atoms with Crippen LogP contribution >= 0.6 is 0 Å². The van der Waals surface area contributed by atoms with E-state index in [9.17, 15) is 4.79 Å². The minimum absolute atomic E-state index is 0.00806. The van der Waals surface area contributed by atoms with Crippen molar-refractivity contribution in [3.8, 4) is 0 Å². The fourth-order valence-electron chi connectivity index (χ4n) is 1.11. The maximum absolute atomic E-state index is 11.4. The zero-order valence-corrected chi connectivity index (χ0v) is 8.27. The second kappa shape index (κ2) is 3.98. The second-order valence-corrected chi connectivity index (χ2v) is 3.21. The Morgan fingerprint density at radius 3 is 2.23 bits per heavy atom. The number of urea groups is 1. The highest BCUT2D eigenvalue weighted by molar-refractivity contribution is 5.73. The first kappa shape index (κ1) is 9.64. The number of hydrogen-bond acceptors (Lipinski definition) is 1. The van der Waals surface area contributed by atoms with Gasteiger partial charge in [0.25, 0.3) is 0 Å². The van der Waals surface area contributed by atoms with Gasteiger partial charge in [0.2, 0.25) is 0 Å². The van der Waals surface area contributed by atoms with Crippen LogP contribution in [0.2, 0.25) is 0 Å². The lowest BCUT2D eigenvalue weighted by Gasteiger charge is -2.22. The number of hydrogen-bond donors (Lipinski definition) is 0. The summed E-state index contributed by atoms with van der Waals surface area (Å²) in [5.41, 5.74) is 0. The highest BCUT2D eigenvalue weighted by atomic mass is 16.2. The van der Waals surface area contributed by atoms with Gasteiger partial charge in [-0.25, -0.2) is 4.79 Å². The molecule has 4 nitrogen and oxygen atoms in total. The summed E-state index contributed by atoms with van der Waals surface area (Å²) in [5.74, 6) is 0. The lowest BCUT2D eigenvalue weighted by atomic mass is 10.7. The van der Waals surface area contributed by atoms with Gasteiger partial charge in [0.1, 0.15) is 0 Å². The summed E-state index contributed by atoms with van der Waals surface area (Å²) in [6.07, 6.45) is 3.86. The molecule has 0 aliphatic rings. The van der Waals surface area contributed by atoms with Crippen LogP contribution in [0.1, 0.15) is 0 Å². The molecule has 0 radical (unpaired) electrons. The minimum atomic E-state index is 0.00806. The molecule has 1 heterocycles. The van der Waals surface area contributed by atoms with E-state index in [-0.39, 0.29) is 6.03 Å². The first-order valence-corrected chi connectivity index (χ1v) is 4.14. The zero-order chi connectivity index (χ0) is 9.84. The van der Waals surface area contributed by atoms with E-state index in [1.54, 1.807) is 30.9 Å². The first-order valence-electron chi connectivity index (χ1n) is 4.14. The van der Waals surface area contributed by atoms with Gasteiger partial charge in [-0.1, -0.05) is 0 Å². The van der Waals surface area contributed by atoms with Crippen LogP contribution in [0.5, 0.6) is 0 Å². The predicted octanol–water partition coefficient (Wildman–Crippen LogP) is 1.06. The SMILES string of the molecule is CN(C)C(=O)N(C)Cn1cccc1. The molecule has 0 N–H and O–H groups in total. The van der Waals surface area contributed by atoms with Crippen molar-refractivity contribution in [3.05, 3.63) is 24.5 Å². The molecule has 0 saturated carbocycles. The van der Waals surface area contributed by atoms with E-state index in [2.05, 4.69) is 0 Å². The fourth-order valence-corrected chi connectivity index (χ4v) is 1.11. The van der Waals surface area contributed by atoms with Crippen molar-refractivity contribution in [2.45, 2.75) is 6.67 Å². The summed E-state index contributed by atoms with van der Waals surface area (Å²) < 4.78 is 1.95. The summed E-state index contributed by atoms with van der Waals surface area (Å²) in [5, 5.41) is 0. The monoisotopic (exact) mass is 181 g/mol. The molecule has 4 heteroatoms. The Morgan fingerprint density at radius 1 is 1.23 bits per heavy atom. The third-order valence-corrected chi connectivity index (χ3v) is 1.75. The van der Waals surface area contributed by atoms with Crippen LogP contribution in [0.4, 0.5) is 4.79 Å². The molecule has 0 aromatic carbocycles. The number of amides is 2. The van der Waals surface area contributed by atoms with Crippen molar-refractivity contribution in [2.75, 3.05) is 21.1 Å². The topological polar surface area (TPSA) is 28.5 Å². The fraction of sp³-hybridized carbons (Fsp3) is 0.444. The van der Waals surface area contributed by atoms with E-state index in [1.165, 1.54) is 0 Å². The normalized spacial score (nSPS) is 9.77. The Morgan fingerprint density at radius 2 is 1.77 bits per heavy atom. The van der Waals surface area contributed by atoms with E-state index in [1.807, 2.05) is 29.1 Å². The van der Waals surface area contributed by atoms with Crippen molar-refractivity contribution in [1.29, 1.82) is 0 Å². The van der Waals surface area contributed by atoms with Gasteiger partial charge >= 0.3 is 6.03 Å². The summed E-state index contributed by atoms with van der Waals surface area (Å²) in [7, 11) is 5.27. The van der Waals surface area contributed by atoms with E-state index in [0.717, 1.165) is 0 Å². The summed E-state index contributed by atoms with van der Waals surface area (Å²) >= 11 is 0.